The maximum absolute atomic E-state index is 13.3. The van der Waals surface area contributed by atoms with E-state index in [2.05, 4.69) is 15.6 Å². The summed E-state index contributed by atoms with van der Waals surface area (Å²) >= 11 is 1.48. The standard InChI is InChI=1S/C24H32N4O5S/c1-13-20(34-12-26-13)15-6-7-16(19(31)8-15)10-25-22(32)18-9-17(30)11-28(18)23(33)21(24(3,4)5)27-14(2)29/h6-8,12,17-18,21,30-31H,9-11H2,1-5H3,(H,25,32)(H,27,29). The fraction of sp³-hybridized carbons (Fsp3) is 0.500. The fourth-order valence-corrected chi connectivity index (χ4v) is 4.86. The van der Waals surface area contributed by atoms with Crippen molar-refractivity contribution in [3.05, 3.63) is 35.0 Å². The number of carbonyl (C=O) groups is 3. The number of hydrogen-bond donors (Lipinski definition) is 4. The minimum Gasteiger partial charge on any atom is -0.508 e. The second-order valence-electron chi connectivity index (χ2n) is 9.72. The number of thiazole rings is 1. The molecule has 2 heterocycles. The number of amides is 3. The lowest BCUT2D eigenvalue weighted by molar-refractivity contribution is -0.143. The van der Waals surface area contributed by atoms with Gasteiger partial charge in [-0.3, -0.25) is 14.4 Å². The van der Waals surface area contributed by atoms with E-state index < -0.39 is 35.4 Å². The van der Waals surface area contributed by atoms with Gasteiger partial charge in [0.15, 0.2) is 0 Å². The molecule has 3 rings (SSSR count). The molecule has 3 amide bonds. The molecule has 0 radical (unpaired) electrons. The number of aromatic hydroxyl groups is 1. The first kappa shape index (κ1) is 25.6. The molecule has 1 fully saturated rings. The summed E-state index contributed by atoms with van der Waals surface area (Å²) < 4.78 is 0. The molecule has 10 heteroatoms. The van der Waals surface area contributed by atoms with Gasteiger partial charge in [0.05, 0.1) is 22.2 Å². The summed E-state index contributed by atoms with van der Waals surface area (Å²) in [7, 11) is 0. The van der Waals surface area contributed by atoms with Gasteiger partial charge in [-0.05, 0) is 24.0 Å². The number of phenols is 1. The molecule has 1 aliphatic heterocycles. The van der Waals surface area contributed by atoms with Gasteiger partial charge in [-0.25, -0.2) is 4.98 Å². The molecular formula is C24H32N4O5S. The van der Waals surface area contributed by atoms with Crippen molar-refractivity contribution in [2.24, 2.45) is 5.41 Å². The number of likely N-dealkylation sites (tertiary alicyclic amines) is 1. The fourth-order valence-electron chi connectivity index (χ4n) is 4.06. The maximum Gasteiger partial charge on any atom is 0.246 e. The molecule has 34 heavy (non-hydrogen) atoms. The summed E-state index contributed by atoms with van der Waals surface area (Å²) in [5.41, 5.74) is 3.41. The minimum atomic E-state index is -0.873. The van der Waals surface area contributed by atoms with Crippen LogP contribution in [-0.4, -0.2) is 62.6 Å². The highest BCUT2D eigenvalue weighted by atomic mass is 32.1. The van der Waals surface area contributed by atoms with Crippen LogP contribution in [0.15, 0.2) is 23.7 Å². The molecule has 0 saturated carbocycles. The van der Waals surface area contributed by atoms with Gasteiger partial charge in [0, 0.05) is 32.0 Å². The average Bonchev–Trinajstić information content (AvgIpc) is 3.35. The van der Waals surface area contributed by atoms with E-state index in [-0.39, 0.29) is 31.2 Å². The summed E-state index contributed by atoms with van der Waals surface area (Å²) in [6.45, 7) is 8.79. The van der Waals surface area contributed by atoms with Crippen LogP contribution in [0.25, 0.3) is 10.4 Å². The number of carbonyl (C=O) groups excluding carboxylic acids is 3. The predicted molar refractivity (Wildman–Crippen MR) is 129 cm³/mol. The van der Waals surface area contributed by atoms with E-state index in [9.17, 15) is 24.6 Å². The van der Waals surface area contributed by atoms with Crippen LogP contribution in [0.3, 0.4) is 0 Å². The third kappa shape index (κ3) is 5.74. The molecule has 0 aliphatic carbocycles. The summed E-state index contributed by atoms with van der Waals surface area (Å²) in [4.78, 5) is 44.5. The first-order valence-electron chi connectivity index (χ1n) is 11.1. The van der Waals surface area contributed by atoms with E-state index in [1.54, 1.807) is 17.6 Å². The molecule has 4 N–H and O–H groups in total. The number of aliphatic hydroxyl groups is 1. The Morgan fingerprint density at radius 2 is 2.00 bits per heavy atom. The van der Waals surface area contributed by atoms with Crippen LogP contribution in [0, 0.1) is 12.3 Å². The van der Waals surface area contributed by atoms with E-state index in [4.69, 9.17) is 0 Å². The number of aromatic nitrogens is 1. The summed E-state index contributed by atoms with van der Waals surface area (Å²) in [6.07, 6.45) is -0.739. The zero-order valence-electron chi connectivity index (χ0n) is 20.1. The number of nitrogens with one attached hydrogen (secondary N) is 2. The van der Waals surface area contributed by atoms with Crippen LogP contribution in [0.1, 0.15) is 45.4 Å². The molecule has 0 bridgehead atoms. The summed E-state index contributed by atoms with van der Waals surface area (Å²) in [5.74, 6) is -1.14. The first-order valence-corrected chi connectivity index (χ1v) is 12.0. The number of hydrogen-bond acceptors (Lipinski definition) is 7. The Morgan fingerprint density at radius 3 is 2.56 bits per heavy atom. The first-order chi connectivity index (χ1) is 15.9. The maximum atomic E-state index is 13.3. The van der Waals surface area contributed by atoms with Gasteiger partial charge in [-0.1, -0.05) is 32.9 Å². The monoisotopic (exact) mass is 488 g/mol. The van der Waals surface area contributed by atoms with Crippen LogP contribution >= 0.6 is 11.3 Å². The van der Waals surface area contributed by atoms with Gasteiger partial charge in [0.25, 0.3) is 0 Å². The third-order valence-electron chi connectivity index (χ3n) is 5.87. The molecule has 1 aliphatic rings. The smallest absolute Gasteiger partial charge is 0.246 e. The average molecular weight is 489 g/mol. The Kier molecular flexibility index (Phi) is 7.62. The molecule has 1 aromatic heterocycles. The molecule has 9 nitrogen and oxygen atoms in total. The second kappa shape index (κ2) is 10.1. The highest BCUT2D eigenvalue weighted by Gasteiger charge is 2.44. The van der Waals surface area contributed by atoms with Crippen molar-refractivity contribution in [2.75, 3.05) is 6.54 Å². The number of benzene rings is 1. The second-order valence-corrected chi connectivity index (χ2v) is 10.6. The van der Waals surface area contributed by atoms with Gasteiger partial charge < -0.3 is 25.7 Å². The zero-order chi connectivity index (χ0) is 25.2. The van der Waals surface area contributed by atoms with Crippen LogP contribution < -0.4 is 10.6 Å². The van der Waals surface area contributed by atoms with Crippen molar-refractivity contribution >= 4 is 29.1 Å². The van der Waals surface area contributed by atoms with Crippen LogP contribution in [-0.2, 0) is 20.9 Å². The van der Waals surface area contributed by atoms with Gasteiger partial charge in [0.2, 0.25) is 17.7 Å². The van der Waals surface area contributed by atoms with Crippen molar-refractivity contribution in [3.8, 4) is 16.2 Å². The van der Waals surface area contributed by atoms with E-state index >= 15 is 0 Å². The third-order valence-corrected chi connectivity index (χ3v) is 6.85. The molecule has 1 aromatic carbocycles. The Bertz CT molecular complexity index is 1080. The van der Waals surface area contributed by atoms with Crippen LogP contribution in [0.4, 0.5) is 0 Å². The van der Waals surface area contributed by atoms with Crippen LogP contribution in [0.2, 0.25) is 0 Å². The minimum absolute atomic E-state index is 0.0111. The molecule has 0 spiro atoms. The van der Waals surface area contributed by atoms with E-state index in [1.807, 2.05) is 33.8 Å². The SMILES string of the molecule is CC(=O)NC(C(=O)N1CC(O)CC1C(=O)NCc1ccc(-c2scnc2C)cc1O)C(C)(C)C. The van der Waals surface area contributed by atoms with E-state index in [0.29, 0.717) is 5.56 Å². The van der Waals surface area contributed by atoms with Gasteiger partial charge in [-0.2, -0.15) is 0 Å². The normalized spacial score (nSPS) is 19.1. The molecule has 2 aromatic rings. The number of aliphatic hydroxyl groups excluding tert-OH is 1. The molecular weight excluding hydrogens is 456 g/mol. The van der Waals surface area contributed by atoms with Gasteiger partial charge in [0.1, 0.15) is 17.8 Å². The highest BCUT2D eigenvalue weighted by molar-refractivity contribution is 7.13. The van der Waals surface area contributed by atoms with Crippen molar-refractivity contribution in [1.82, 2.24) is 20.5 Å². The number of β-amino-alcohol motifs (C(OH)–C–C–N with tert-alkyl or cyclic N) is 1. The van der Waals surface area contributed by atoms with Gasteiger partial charge >= 0.3 is 0 Å². The van der Waals surface area contributed by atoms with Crippen molar-refractivity contribution < 1.29 is 24.6 Å². The molecule has 1 saturated heterocycles. The Labute approximate surface area is 203 Å². The summed E-state index contributed by atoms with van der Waals surface area (Å²) in [6, 6.07) is 3.53. The van der Waals surface area contributed by atoms with E-state index in [0.717, 1.165) is 16.1 Å². The Morgan fingerprint density at radius 1 is 1.29 bits per heavy atom. The molecule has 184 valence electrons. The lowest BCUT2D eigenvalue weighted by Crippen LogP contribution is -2.57. The Hall–Kier alpha value is -2.98. The number of nitrogens with zero attached hydrogens (tertiary/aromatic N) is 2. The lowest BCUT2D eigenvalue weighted by Gasteiger charge is -2.35. The Balaban J connectivity index is 1.71. The summed E-state index contributed by atoms with van der Waals surface area (Å²) in [5, 5.41) is 26.1. The quantitative estimate of drug-likeness (QED) is 0.491. The number of rotatable bonds is 6. The zero-order valence-corrected chi connectivity index (χ0v) is 20.9. The predicted octanol–water partition coefficient (Wildman–Crippen LogP) is 1.95. The van der Waals surface area contributed by atoms with E-state index in [1.165, 1.54) is 23.2 Å². The van der Waals surface area contributed by atoms with Crippen molar-refractivity contribution in [1.29, 1.82) is 0 Å². The highest BCUT2D eigenvalue weighted by Crippen LogP contribution is 2.31. The van der Waals surface area contributed by atoms with Gasteiger partial charge in [-0.15, -0.1) is 11.3 Å². The number of phenolic OH excluding ortho intramolecular Hbond substituents is 1. The number of aryl methyl sites for hydroxylation is 1. The topological polar surface area (TPSA) is 132 Å². The lowest BCUT2D eigenvalue weighted by atomic mass is 9.85. The molecule has 3 atom stereocenters. The van der Waals surface area contributed by atoms with Crippen LogP contribution in [0.5, 0.6) is 5.75 Å². The largest absolute Gasteiger partial charge is 0.508 e. The van der Waals surface area contributed by atoms with Crippen molar-refractivity contribution in [2.45, 2.75) is 65.8 Å². The van der Waals surface area contributed by atoms with Crippen molar-refractivity contribution in [3.63, 3.8) is 0 Å². The molecule has 3 unspecified atom stereocenters.